The van der Waals surface area contributed by atoms with Crippen molar-refractivity contribution in [3.8, 4) is 0 Å². The van der Waals surface area contributed by atoms with Gasteiger partial charge in [0.25, 0.3) is 0 Å². The Bertz CT molecular complexity index is 1470. The maximum atomic E-state index is 13.1. The van der Waals surface area contributed by atoms with Crippen LogP contribution in [0, 0.1) is 0 Å². The number of rotatable bonds is 6. The minimum atomic E-state index is -0.951. The van der Waals surface area contributed by atoms with Crippen molar-refractivity contribution in [2.75, 3.05) is 5.32 Å². The van der Waals surface area contributed by atoms with E-state index in [0.29, 0.717) is 21.8 Å². The molecule has 190 valence electrons. The van der Waals surface area contributed by atoms with Crippen molar-refractivity contribution in [2.24, 2.45) is 5.73 Å². The van der Waals surface area contributed by atoms with Crippen molar-refractivity contribution in [1.82, 2.24) is 4.57 Å². The summed E-state index contributed by atoms with van der Waals surface area (Å²) in [4.78, 5) is 39.0. The molecule has 0 saturated heterocycles. The van der Waals surface area contributed by atoms with E-state index in [1.807, 2.05) is 30.3 Å². The number of carbonyl (C=O) groups excluding carboxylic acids is 3. The van der Waals surface area contributed by atoms with Gasteiger partial charge in [-0.3, -0.25) is 14.2 Å². The zero-order valence-electron chi connectivity index (χ0n) is 20.8. The number of halogens is 1. The first-order valence-corrected chi connectivity index (χ1v) is 12.2. The lowest BCUT2D eigenvalue weighted by molar-refractivity contribution is -0.117. The minimum absolute atomic E-state index is 0.164. The Labute approximate surface area is 220 Å². The largest absolute Gasteiger partial charge is 0.443 e. The molecule has 0 unspecified atom stereocenters. The molecule has 0 bridgehead atoms. The predicted octanol–water partition coefficient (Wildman–Crippen LogP) is 5.82. The van der Waals surface area contributed by atoms with E-state index in [4.69, 9.17) is 22.1 Å². The van der Waals surface area contributed by atoms with E-state index in [0.717, 1.165) is 10.9 Å². The topological polar surface area (TPSA) is 103 Å². The van der Waals surface area contributed by atoms with Crippen LogP contribution in [0.4, 0.5) is 10.5 Å². The van der Waals surface area contributed by atoms with E-state index in [1.54, 1.807) is 63.4 Å². The number of fused-ring (bicyclic) bond motifs is 1. The number of benzene rings is 3. The number of aromatic nitrogens is 1. The number of amides is 1. The molecular formula is C29H28ClN3O4. The van der Waals surface area contributed by atoms with Gasteiger partial charge in [-0.05, 0) is 57.0 Å². The number of para-hydroxylation sites is 1. The lowest BCUT2D eigenvalue weighted by Crippen LogP contribution is -2.37. The summed E-state index contributed by atoms with van der Waals surface area (Å²) in [5.74, 6) is -0.745. The van der Waals surface area contributed by atoms with Gasteiger partial charge in [-0.25, -0.2) is 4.79 Å². The zero-order chi connectivity index (χ0) is 26.7. The second-order valence-electron chi connectivity index (χ2n) is 9.71. The summed E-state index contributed by atoms with van der Waals surface area (Å²) in [6.45, 7) is 5.39. The fraction of sp³-hybridized carbons (Fsp3) is 0.207. The molecule has 4 aromatic rings. The van der Waals surface area contributed by atoms with Crippen LogP contribution in [0.5, 0.6) is 0 Å². The number of nitrogens with one attached hydrogen (secondary N) is 1. The second-order valence-corrected chi connectivity index (χ2v) is 10.1. The predicted molar refractivity (Wildman–Crippen MR) is 145 cm³/mol. The highest BCUT2D eigenvalue weighted by atomic mass is 35.5. The van der Waals surface area contributed by atoms with Crippen molar-refractivity contribution in [1.29, 1.82) is 0 Å². The number of nitrogens with zero attached hydrogens (tertiary/aromatic N) is 1. The first kappa shape index (κ1) is 26.1. The molecule has 37 heavy (non-hydrogen) atoms. The lowest BCUT2D eigenvalue weighted by Gasteiger charge is -2.19. The van der Waals surface area contributed by atoms with Crippen molar-refractivity contribution >= 4 is 46.0 Å². The Morgan fingerprint density at radius 2 is 1.68 bits per heavy atom. The number of hydrogen-bond acceptors (Lipinski definition) is 5. The van der Waals surface area contributed by atoms with E-state index < -0.39 is 23.6 Å². The Kier molecular flexibility index (Phi) is 7.47. The van der Waals surface area contributed by atoms with E-state index in [2.05, 4.69) is 5.32 Å². The van der Waals surface area contributed by atoms with Crippen LogP contribution in [0.25, 0.3) is 10.9 Å². The molecule has 0 aliphatic carbocycles. The lowest BCUT2D eigenvalue weighted by atomic mass is 10.0. The van der Waals surface area contributed by atoms with Crippen LogP contribution in [0.1, 0.15) is 42.3 Å². The van der Waals surface area contributed by atoms with Gasteiger partial charge in [0.15, 0.2) is 5.78 Å². The Hall–Kier alpha value is -3.94. The molecule has 0 saturated carbocycles. The third kappa shape index (κ3) is 6.07. The molecule has 8 heteroatoms. The van der Waals surface area contributed by atoms with Crippen molar-refractivity contribution in [2.45, 2.75) is 38.8 Å². The van der Waals surface area contributed by atoms with Crippen LogP contribution in [0.3, 0.4) is 0 Å². The molecule has 1 aromatic heterocycles. The minimum Gasteiger partial charge on any atom is -0.443 e. The molecule has 0 aliphatic rings. The fourth-order valence-electron chi connectivity index (χ4n) is 3.99. The molecule has 0 spiro atoms. The molecule has 7 nitrogen and oxygen atoms in total. The average Bonchev–Trinajstić information content (AvgIpc) is 3.22. The Morgan fingerprint density at radius 1 is 1.00 bits per heavy atom. The van der Waals surface area contributed by atoms with E-state index >= 15 is 0 Å². The molecule has 3 aromatic carbocycles. The van der Waals surface area contributed by atoms with Crippen LogP contribution in [-0.4, -0.2) is 34.0 Å². The van der Waals surface area contributed by atoms with E-state index in [9.17, 15) is 14.4 Å². The van der Waals surface area contributed by atoms with Gasteiger partial charge in [0.05, 0.1) is 17.2 Å². The number of anilines is 1. The summed E-state index contributed by atoms with van der Waals surface area (Å²) in [5.41, 5.74) is 8.07. The normalized spacial score (nSPS) is 12.2. The van der Waals surface area contributed by atoms with Gasteiger partial charge >= 0.3 is 6.09 Å². The maximum absolute atomic E-state index is 13.1. The van der Waals surface area contributed by atoms with Gasteiger partial charge in [-0.1, -0.05) is 60.1 Å². The van der Waals surface area contributed by atoms with E-state index in [1.165, 1.54) is 10.6 Å². The standard InChI is InChI=1S/C29H28ClN3O4/c1-29(2,3)37-28(36)33-17-19(21-11-7-8-12-25(21)33)15-23(31)27(35)32-24-14-13-20(30)16-22(24)26(34)18-9-5-4-6-10-18/h4-14,16-17,23H,15,31H2,1-3H3,(H,32,35)/t23-/m0/s1. The van der Waals surface area contributed by atoms with Crippen molar-refractivity contribution in [3.05, 3.63) is 101 Å². The van der Waals surface area contributed by atoms with Crippen molar-refractivity contribution < 1.29 is 19.1 Å². The van der Waals surface area contributed by atoms with Crippen LogP contribution < -0.4 is 11.1 Å². The number of ketones is 1. The Balaban J connectivity index is 1.57. The molecule has 1 heterocycles. The van der Waals surface area contributed by atoms with Crippen LogP contribution >= 0.6 is 11.6 Å². The number of carbonyl (C=O) groups is 3. The summed E-state index contributed by atoms with van der Waals surface area (Å²) in [7, 11) is 0. The molecule has 1 amide bonds. The molecular weight excluding hydrogens is 490 g/mol. The van der Waals surface area contributed by atoms with Gasteiger partial charge in [0.1, 0.15) is 5.60 Å². The number of hydrogen-bond donors (Lipinski definition) is 2. The fourth-order valence-corrected chi connectivity index (χ4v) is 4.16. The summed E-state index contributed by atoms with van der Waals surface area (Å²) in [6.07, 6.45) is 1.30. The van der Waals surface area contributed by atoms with Crippen LogP contribution in [-0.2, 0) is 16.0 Å². The third-order valence-electron chi connectivity index (χ3n) is 5.68. The smallest absolute Gasteiger partial charge is 0.419 e. The van der Waals surface area contributed by atoms with Crippen molar-refractivity contribution in [3.63, 3.8) is 0 Å². The average molecular weight is 518 g/mol. The number of ether oxygens (including phenoxy) is 1. The quantitative estimate of drug-likeness (QED) is 0.314. The van der Waals surface area contributed by atoms with Crippen LogP contribution in [0.2, 0.25) is 5.02 Å². The summed E-state index contributed by atoms with van der Waals surface area (Å²) in [6, 6.07) is 19.8. The SMILES string of the molecule is CC(C)(C)OC(=O)n1cc(C[C@H](N)C(=O)Nc2ccc(Cl)cc2C(=O)c2ccccc2)c2ccccc21. The van der Waals surface area contributed by atoms with Gasteiger partial charge in [0, 0.05) is 27.7 Å². The molecule has 0 fully saturated rings. The van der Waals surface area contributed by atoms with Gasteiger partial charge in [-0.2, -0.15) is 0 Å². The van der Waals surface area contributed by atoms with Gasteiger partial charge in [-0.15, -0.1) is 0 Å². The monoisotopic (exact) mass is 517 g/mol. The number of nitrogens with two attached hydrogens (primary N) is 1. The molecule has 4 rings (SSSR count). The first-order valence-electron chi connectivity index (χ1n) is 11.8. The molecule has 0 aliphatic heterocycles. The third-order valence-corrected chi connectivity index (χ3v) is 5.92. The zero-order valence-corrected chi connectivity index (χ0v) is 21.6. The van der Waals surface area contributed by atoms with Crippen LogP contribution in [0.15, 0.2) is 79.0 Å². The summed E-state index contributed by atoms with van der Waals surface area (Å²) in [5, 5.41) is 3.94. The van der Waals surface area contributed by atoms with Gasteiger partial charge < -0.3 is 15.8 Å². The highest BCUT2D eigenvalue weighted by Crippen LogP contribution is 2.26. The highest BCUT2D eigenvalue weighted by Gasteiger charge is 2.24. The van der Waals surface area contributed by atoms with Gasteiger partial charge in [0.2, 0.25) is 5.91 Å². The second kappa shape index (κ2) is 10.6. The molecule has 3 N–H and O–H groups in total. The molecule has 0 radical (unpaired) electrons. The molecule has 1 atom stereocenters. The highest BCUT2D eigenvalue weighted by molar-refractivity contribution is 6.31. The Morgan fingerprint density at radius 3 is 2.38 bits per heavy atom. The maximum Gasteiger partial charge on any atom is 0.419 e. The first-order chi connectivity index (χ1) is 17.5. The van der Waals surface area contributed by atoms with E-state index in [-0.39, 0.29) is 17.8 Å². The summed E-state index contributed by atoms with van der Waals surface area (Å²) < 4.78 is 6.96. The summed E-state index contributed by atoms with van der Waals surface area (Å²) >= 11 is 6.15.